The van der Waals surface area contributed by atoms with E-state index in [9.17, 15) is 14.0 Å². The fraction of sp³-hybridized carbons (Fsp3) is 0.355. The van der Waals surface area contributed by atoms with Gasteiger partial charge in [0.1, 0.15) is 11.6 Å². The molecular formula is C31H33FN2O4. The van der Waals surface area contributed by atoms with Crippen LogP contribution in [0.4, 0.5) is 10.1 Å². The van der Waals surface area contributed by atoms with Crippen molar-refractivity contribution in [3.63, 3.8) is 0 Å². The number of nitrogens with zero attached hydrogens (tertiary/aromatic N) is 2. The molecule has 2 fully saturated rings. The van der Waals surface area contributed by atoms with Crippen molar-refractivity contribution < 1.29 is 23.5 Å². The molecule has 5 rings (SSSR count). The summed E-state index contributed by atoms with van der Waals surface area (Å²) < 4.78 is 25.7. The van der Waals surface area contributed by atoms with Crippen molar-refractivity contribution in [2.75, 3.05) is 31.2 Å². The smallest absolute Gasteiger partial charge is 0.254 e. The van der Waals surface area contributed by atoms with Gasteiger partial charge in [0.25, 0.3) is 5.91 Å². The van der Waals surface area contributed by atoms with E-state index in [1.165, 1.54) is 6.07 Å². The predicted molar refractivity (Wildman–Crippen MR) is 144 cm³/mol. The van der Waals surface area contributed by atoms with Gasteiger partial charge in [-0.1, -0.05) is 36.4 Å². The second kappa shape index (κ2) is 12.2. The molecule has 1 atom stereocenters. The Morgan fingerprint density at radius 1 is 1.05 bits per heavy atom. The average Bonchev–Trinajstić information content (AvgIpc) is 3.61. The number of ether oxygens (including phenoxy) is 2. The minimum absolute atomic E-state index is 0.00231. The standard InChI is InChI=1S/C31H33FN2O4/c32-29-13-2-1-8-24(29)15-18-38-27-11-3-7-23(19-27)21-33(22-28-12-6-17-37-28)31(36)25-9-4-10-26(20-25)34-16-5-14-30(34)35/h1-4,7-11,13,19-20,28H,5-6,12,14-18,21-22H2. The predicted octanol–water partition coefficient (Wildman–Crippen LogP) is 5.40. The normalized spacial score (nSPS) is 17.1. The SMILES string of the molecule is O=C(c1cccc(N2CCCC2=O)c1)N(Cc1cccc(OCCc2ccccc2F)c1)CC1CCCO1. The summed E-state index contributed by atoms with van der Waals surface area (Å²) in [5.41, 5.74) is 2.87. The van der Waals surface area contributed by atoms with E-state index in [4.69, 9.17) is 9.47 Å². The molecule has 0 aromatic heterocycles. The number of halogens is 1. The lowest BCUT2D eigenvalue weighted by Crippen LogP contribution is -2.37. The molecular weight excluding hydrogens is 483 g/mol. The van der Waals surface area contributed by atoms with Gasteiger partial charge in [-0.2, -0.15) is 0 Å². The van der Waals surface area contributed by atoms with Gasteiger partial charge in [0.2, 0.25) is 5.91 Å². The molecule has 0 N–H and O–H groups in total. The molecule has 2 amide bonds. The molecule has 3 aromatic carbocycles. The third kappa shape index (κ3) is 6.40. The van der Waals surface area contributed by atoms with E-state index < -0.39 is 0 Å². The second-order valence-electron chi connectivity index (χ2n) is 9.86. The Hall–Kier alpha value is -3.71. The number of carbonyl (C=O) groups excluding carboxylic acids is 2. The maximum absolute atomic E-state index is 13.9. The van der Waals surface area contributed by atoms with Crippen molar-refractivity contribution in [1.82, 2.24) is 4.90 Å². The summed E-state index contributed by atoms with van der Waals surface area (Å²) in [4.78, 5) is 29.6. The lowest BCUT2D eigenvalue weighted by atomic mass is 10.1. The fourth-order valence-corrected chi connectivity index (χ4v) is 5.10. The highest BCUT2D eigenvalue weighted by Gasteiger charge is 2.26. The summed E-state index contributed by atoms with van der Waals surface area (Å²) in [5.74, 6) is 0.446. The molecule has 2 aliphatic heterocycles. The van der Waals surface area contributed by atoms with Crippen molar-refractivity contribution in [2.24, 2.45) is 0 Å². The molecule has 0 saturated carbocycles. The number of hydrogen-bond acceptors (Lipinski definition) is 4. The van der Waals surface area contributed by atoms with E-state index in [0.717, 1.165) is 30.5 Å². The summed E-state index contributed by atoms with van der Waals surface area (Å²) in [7, 11) is 0. The number of carbonyl (C=O) groups is 2. The maximum atomic E-state index is 13.9. The van der Waals surface area contributed by atoms with Crippen LogP contribution in [0.2, 0.25) is 0 Å². The Morgan fingerprint density at radius 3 is 2.71 bits per heavy atom. The van der Waals surface area contributed by atoms with Crippen molar-refractivity contribution in [3.8, 4) is 5.75 Å². The van der Waals surface area contributed by atoms with E-state index in [0.29, 0.717) is 62.6 Å². The fourth-order valence-electron chi connectivity index (χ4n) is 5.10. The van der Waals surface area contributed by atoms with Crippen LogP contribution in [0.1, 0.15) is 47.2 Å². The summed E-state index contributed by atoms with van der Waals surface area (Å²) in [6, 6.07) is 21.7. The Bertz CT molecular complexity index is 1270. The summed E-state index contributed by atoms with van der Waals surface area (Å²) >= 11 is 0. The quantitative estimate of drug-likeness (QED) is 0.362. The molecule has 2 saturated heterocycles. The average molecular weight is 517 g/mol. The van der Waals surface area contributed by atoms with E-state index in [1.807, 2.05) is 53.4 Å². The van der Waals surface area contributed by atoms with Gasteiger partial charge >= 0.3 is 0 Å². The van der Waals surface area contributed by atoms with E-state index in [2.05, 4.69) is 0 Å². The Morgan fingerprint density at radius 2 is 1.92 bits per heavy atom. The monoisotopic (exact) mass is 516 g/mol. The van der Waals surface area contributed by atoms with E-state index in [-0.39, 0.29) is 23.7 Å². The molecule has 2 heterocycles. The molecule has 198 valence electrons. The molecule has 0 radical (unpaired) electrons. The van der Waals surface area contributed by atoms with Crippen LogP contribution in [0.5, 0.6) is 5.75 Å². The number of amides is 2. The number of anilines is 1. The van der Waals surface area contributed by atoms with Crippen LogP contribution in [0.3, 0.4) is 0 Å². The first-order valence-corrected chi connectivity index (χ1v) is 13.3. The first-order chi connectivity index (χ1) is 18.6. The summed E-state index contributed by atoms with van der Waals surface area (Å²) in [6.07, 6.45) is 3.76. The largest absolute Gasteiger partial charge is 0.493 e. The van der Waals surface area contributed by atoms with Crippen LogP contribution in [-0.4, -0.2) is 49.1 Å². The number of benzene rings is 3. The summed E-state index contributed by atoms with van der Waals surface area (Å²) in [6.45, 7) is 2.63. The van der Waals surface area contributed by atoms with Crippen molar-refractivity contribution in [2.45, 2.75) is 44.8 Å². The van der Waals surface area contributed by atoms with Crippen LogP contribution in [0.25, 0.3) is 0 Å². The summed E-state index contributed by atoms with van der Waals surface area (Å²) in [5, 5.41) is 0. The first-order valence-electron chi connectivity index (χ1n) is 13.3. The zero-order valence-corrected chi connectivity index (χ0v) is 21.5. The van der Waals surface area contributed by atoms with Crippen LogP contribution in [0.15, 0.2) is 72.8 Å². The zero-order valence-electron chi connectivity index (χ0n) is 21.5. The highest BCUT2D eigenvalue weighted by atomic mass is 19.1. The maximum Gasteiger partial charge on any atom is 0.254 e. The minimum atomic E-state index is -0.230. The highest BCUT2D eigenvalue weighted by molar-refractivity contribution is 5.99. The van der Waals surface area contributed by atoms with Gasteiger partial charge in [-0.05, 0) is 66.8 Å². The van der Waals surface area contributed by atoms with Gasteiger partial charge in [0.05, 0.1) is 12.7 Å². The molecule has 38 heavy (non-hydrogen) atoms. The highest BCUT2D eigenvalue weighted by Crippen LogP contribution is 2.25. The third-order valence-electron chi connectivity index (χ3n) is 7.08. The molecule has 0 aliphatic carbocycles. The van der Waals surface area contributed by atoms with Gasteiger partial charge in [-0.15, -0.1) is 0 Å². The van der Waals surface area contributed by atoms with Crippen molar-refractivity contribution in [3.05, 3.63) is 95.3 Å². The van der Waals surface area contributed by atoms with Gasteiger partial charge in [-0.25, -0.2) is 4.39 Å². The number of rotatable bonds is 10. The van der Waals surface area contributed by atoms with Gasteiger partial charge in [-0.3, -0.25) is 9.59 Å². The molecule has 3 aromatic rings. The molecule has 0 bridgehead atoms. The van der Waals surface area contributed by atoms with Crippen LogP contribution < -0.4 is 9.64 Å². The Labute approximate surface area is 223 Å². The van der Waals surface area contributed by atoms with E-state index in [1.54, 1.807) is 23.1 Å². The van der Waals surface area contributed by atoms with Gasteiger partial charge < -0.3 is 19.3 Å². The third-order valence-corrected chi connectivity index (χ3v) is 7.08. The van der Waals surface area contributed by atoms with E-state index >= 15 is 0 Å². The lowest BCUT2D eigenvalue weighted by Gasteiger charge is -2.26. The first kappa shape index (κ1) is 25.9. The Balaban J connectivity index is 1.29. The minimum Gasteiger partial charge on any atom is -0.493 e. The van der Waals surface area contributed by atoms with Crippen LogP contribution in [0, 0.1) is 5.82 Å². The lowest BCUT2D eigenvalue weighted by molar-refractivity contribution is -0.117. The number of hydrogen-bond donors (Lipinski definition) is 0. The zero-order chi connectivity index (χ0) is 26.3. The van der Waals surface area contributed by atoms with Crippen molar-refractivity contribution in [1.29, 1.82) is 0 Å². The van der Waals surface area contributed by atoms with Crippen LogP contribution in [-0.2, 0) is 22.5 Å². The topological polar surface area (TPSA) is 59.1 Å². The van der Waals surface area contributed by atoms with Crippen molar-refractivity contribution >= 4 is 17.5 Å². The molecule has 6 nitrogen and oxygen atoms in total. The molecule has 1 unspecified atom stereocenters. The molecule has 2 aliphatic rings. The van der Waals surface area contributed by atoms with Gasteiger partial charge in [0, 0.05) is 50.3 Å². The second-order valence-corrected chi connectivity index (χ2v) is 9.86. The molecule has 7 heteroatoms. The van der Waals surface area contributed by atoms with Crippen LogP contribution >= 0.6 is 0 Å². The van der Waals surface area contributed by atoms with Gasteiger partial charge in [0.15, 0.2) is 0 Å². The molecule has 0 spiro atoms. The Kier molecular flexibility index (Phi) is 8.34.